The molecule has 0 N–H and O–H groups in total. The Bertz CT molecular complexity index is 926. The van der Waals surface area contributed by atoms with Crippen molar-refractivity contribution in [2.45, 2.75) is 0 Å². The Morgan fingerprint density at radius 1 is 1.19 bits per heavy atom. The van der Waals surface area contributed by atoms with E-state index in [1.165, 1.54) is 16.9 Å². The van der Waals surface area contributed by atoms with E-state index in [4.69, 9.17) is 0 Å². The highest BCUT2D eigenvalue weighted by molar-refractivity contribution is 7.15. The van der Waals surface area contributed by atoms with Crippen molar-refractivity contribution in [3.05, 3.63) is 63.7 Å². The number of nitrogens with zero attached hydrogens (tertiary/aromatic N) is 5. The lowest BCUT2D eigenvalue weighted by molar-refractivity contribution is -0.389. The van der Waals surface area contributed by atoms with Gasteiger partial charge in [-0.3, -0.25) is 4.90 Å². The third-order valence-electron chi connectivity index (χ3n) is 4.54. The molecule has 3 heterocycles. The number of anilines is 1. The SMILES string of the molecule is O=[N+]([O-])c1c(N2CCN(CC=Cc3ccccc3)CC2)nc2sccn12. The Hall–Kier alpha value is -2.71. The molecule has 2 aromatic heterocycles. The molecule has 1 aliphatic rings. The third-order valence-corrected chi connectivity index (χ3v) is 5.29. The first-order chi connectivity index (χ1) is 12.7. The molecule has 26 heavy (non-hydrogen) atoms. The lowest BCUT2D eigenvalue weighted by Crippen LogP contribution is -2.46. The number of thiazole rings is 1. The predicted molar refractivity (Wildman–Crippen MR) is 104 cm³/mol. The molecule has 0 amide bonds. The maximum absolute atomic E-state index is 11.5. The smallest absolute Gasteiger partial charge is 0.358 e. The Kier molecular flexibility index (Phi) is 4.68. The van der Waals surface area contributed by atoms with Crippen LogP contribution in [0.5, 0.6) is 0 Å². The standard InChI is InChI=1S/C18H19N5O2S/c24-23(25)17-16(19-18-22(17)13-14-26-18)21-11-9-20(10-12-21)8-4-7-15-5-2-1-3-6-15/h1-7,13-14H,8-12H2. The second-order valence-corrected chi connectivity index (χ2v) is 7.05. The van der Waals surface area contributed by atoms with Crippen LogP contribution >= 0.6 is 11.3 Å². The van der Waals surface area contributed by atoms with Crippen LogP contribution in [0.1, 0.15) is 5.56 Å². The maximum atomic E-state index is 11.5. The number of rotatable bonds is 5. The molecule has 1 fully saturated rings. The fourth-order valence-corrected chi connectivity index (χ4v) is 3.89. The summed E-state index contributed by atoms with van der Waals surface area (Å²) in [7, 11) is 0. The van der Waals surface area contributed by atoms with Crippen molar-refractivity contribution in [3.8, 4) is 0 Å². The average molecular weight is 369 g/mol. The van der Waals surface area contributed by atoms with Crippen LogP contribution < -0.4 is 4.90 Å². The topological polar surface area (TPSA) is 66.9 Å². The van der Waals surface area contributed by atoms with Crippen molar-refractivity contribution < 1.29 is 4.92 Å². The van der Waals surface area contributed by atoms with Crippen molar-refractivity contribution >= 4 is 34.0 Å². The van der Waals surface area contributed by atoms with E-state index in [-0.39, 0.29) is 10.7 Å². The van der Waals surface area contributed by atoms with E-state index < -0.39 is 0 Å². The first kappa shape index (κ1) is 16.7. The number of hydrogen-bond donors (Lipinski definition) is 0. The van der Waals surface area contributed by atoms with Gasteiger partial charge < -0.3 is 15.0 Å². The number of aromatic nitrogens is 2. The van der Waals surface area contributed by atoms with Crippen molar-refractivity contribution in [1.29, 1.82) is 0 Å². The summed E-state index contributed by atoms with van der Waals surface area (Å²) in [5.41, 5.74) is 1.19. The molecular formula is C18H19N5O2S. The highest BCUT2D eigenvalue weighted by Gasteiger charge is 2.29. The fraction of sp³-hybridized carbons (Fsp3) is 0.278. The predicted octanol–water partition coefficient (Wildman–Crippen LogP) is 3.14. The monoisotopic (exact) mass is 369 g/mol. The van der Waals surface area contributed by atoms with Gasteiger partial charge in [-0.2, -0.15) is 9.38 Å². The number of benzene rings is 1. The second-order valence-electron chi connectivity index (χ2n) is 6.17. The van der Waals surface area contributed by atoms with Crippen molar-refractivity contribution in [2.75, 3.05) is 37.6 Å². The molecule has 1 saturated heterocycles. The summed E-state index contributed by atoms with van der Waals surface area (Å²) < 4.78 is 1.56. The Morgan fingerprint density at radius 3 is 2.69 bits per heavy atom. The summed E-state index contributed by atoms with van der Waals surface area (Å²) in [4.78, 5) is 20.7. The number of hydrogen-bond acceptors (Lipinski definition) is 6. The second kappa shape index (κ2) is 7.27. The number of imidazole rings is 1. The molecule has 0 unspecified atom stereocenters. The molecular weight excluding hydrogens is 350 g/mol. The third kappa shape index (κ3) is 3.33. The number of fused-ring (bicyclic) bond motifs is 1. The van der Waals surface area contributed by atoms with E-state index in [2.05, 4.69) is 34.2 Å². The van der Waals surface area contributed by atoms with Crippen LogP contribution in [0.25, 0.3) is 11.0 Å². The van der Waals surface area contributed by atoms with Crippen LogP contribution in [0.3, 0.4) is 0 Å². The largest absolute Gasteiger partial charge is 0.373 e. The summed E-state index contributed by atoms with van der Waals surface area (Å²) in [6.07, 6.45) is 6.00. The van der Waals surface area contributed by atoms with Gasteiger partial charge in [0.25, 0.3) is 4.96 Å². The van der Waals surface area contributed by atoms with Crippen molar-refractivity contribution in [2.24, 2.45) is 0 Å². The molecule has 0 aliphatic carbocycles. The molecule has 0 atom stereocenters. The van der Waals surface area contributed by atoms with Gasteiger partial charge in [-0.05, 0) is 10.5 Å². The fourth-order valence-electron chi connectivity index (χ4n) is 3.19. The van der Waals surface area contributed by atoms with E-state index in [1.807, 2.05) is 28.5 Å². The zero-order chi connectivity index (χ0) is 17.9. The maximum Gasteiger partial charge on any atom is 0.373 e. The minimum Gasteiger partial charge on any atom is -0.358 e. The van der Waals surface area contributed by atoms with Crippen LogP contribution in [0.15, 0.2) is 48.0 Å². The lowest BCUT2D eigenvalue weighted by atomic mass is 10.2. The highest BCUT2D eigenvalue weighted by Crippen LogP contribution is 2.31. The van der Waals surface area contributed by atoms with Gasteiger partial charge in [-0.15, -0.1) is 0 Å². The van der Waals surface area contributed by atoms with Crippen LogP contribution in [0, 0.1) is 10.1 Å². The van der Waals surface area contributed by atoms with Crippen molar-refractivity contribution in [1.82, 2.24) is 14.3 Å². The zero-order valence-electron chi connectivity index (χ0n) is 14.2. The van der Waals surface area contributed by atoms with Gasteiger partial charge in [-0.25, -0.2) is 0 Å². The van der Waals surface area contributed by atoms with Crippen molar-refractivity contribution in [3.63, 3.8) is 0 Å². The molecule has 0 bridgehead atoms. The molecule has 0 radical (unpaired) electrons. The van der Waals surface area contributed by atoms with Gasteiger partial charge in [0.2, 0.25) is 5.82 Å². The average Bonchev–Trinajstić information content (AvgIpc) is 3.24. The molecule has 3 aromatic rings. The van der Waals surface area contributed by atoms with Crippen LogP contribution in [-0.4, -0.2) is 51.9 Å². The van der Waals surface area contributed by atoms with E-state index >= 15 is 0 Å². The van der Waals surface area contributed by atoms with E-state index in [1.54, 1.807) is 10.6 Å². The van der Waals surface area contributed by atoms with E-state index in [0.717, 1.165) is 32.7 Å². The minimum absolute atomic E-state index is 0.0682. The molecule has 7 nitrogen and oxygen atoms in total. The summed E-state index contributed by atoms with van der Waals surface area (Å²) >= 11 is 1.41. The first-order valence-electron chi connectivity index (χ1n) is 8.51. The number of piperazine rings is 1. The van der Waals surface area contributed by atoms with E-state index in [9.17, 15) is 10.1 Å². The first-order valence-corrected chi connectivity index (χ1v) is 9.39. The van der Waals surface area contributed by atoms with Crippen LogP contribution in [0.2, 0.25) is 0 Å². The molecule has 0 saturated carbocycles. The van der Waals surface area contributed by atoms with Gasteiger partial charge in [0.05, 0.1) is 0 Å². The summed E-state index contributed by atoms with van der Waals surface area (Å²) in [5, 5.41) is 13.3. The van der Waals surface area contributed by atoms with Gasteiger partial charge in [0, 0.05) is 38.1 Å². The molecule has 0 spiro atoms. The molecule has 4 rings (SSSR count). The lowest BCUT2D eigenvalue weighted by Gasteiger charge is -2.33. The quantitative estimate of drug-likeness (QED) is 0.511. The van der Waals surface area contributed by atoms with Crippen LogP contribution in [0.4, 0.5) is 11.6 Å². The van der Waals surface area contributed by atoms with E-state index in [0.29, 0.717) is 10.8 Å². The molecule has 1 aliphatic heterocycles. The summed E-state index contributed by atoms with van der Waals surface area (Å²) in [5.74, 6) is 0.556. The normalized spacial score (nSPS) is 15.9. The number of nitro groups is 1. The van der Waals surface area contributed by atoms with Gasteiger partial charge in [0.15, 0.2) is 0 Å². The zero-order valence-corrected chi connectivity index (χ0v) is 15.0. The van der Waals surface area contributed by atoms with Crippen LogP contribution in [-0.2, 0) is 0 Å². The molecule has 8 heteroatoms. The highest BCUT2D eigenvalue weighted by atomic mass is 32.1. The minimum atomic E-state index is -0.336. The molecule has 1 aromatic carbocycles. The Balaban J connectivity index is 1.39. The van der Waals surface area contributed by atoms with Gasteiger partial charge in [0.1, 0.15) is 6.20 Å². The summed E-state index contributed by atoms with van der Waals surface area (Å²) in [6, 6.07) is 10.2. The van der Waals surface area contributed by atoms with Gasteiger partial charge in [-0.1, -0.05) is 53.8 Å². The molecule has 134 valence electrons. The Labute approximate surface area is 154 Å². The summed E-state index contributed by atoms with van der Waals surface area (Å²) in [6.45, 7) is 4.09. The van der Waals surface area contributed by atoms with Gasteiger partial charge >= 0.3 is 5.82 Å². The Morgan fingerprint density at radius 2 is 1.96 bits per heavy atom.